The van der Waals surface area contributed by atoms with Gasteiger partial charge in [0.2, 0.25) is 0 Å². The van der Waals surface area contributed by atoms with E-state index in [1.54, 1.807) is 12.1 Å². The van der Waals surface area contributed by atoms with Crippen LogP contribution in [0.25, 0.3) is 0 Å². The van der Waals surface area contributed by atoms with E-state index in [-0.39, 0.29) is 24.5 Å². The summed E-state index contributed by atoms with van der Waals surface area (Å²) >= 11 is 5.88. The maximum Gasteiger partial charge on any atom is 0.306 e. The van der Waals surface area contributed by atoms with Crippen LogP contribution in [0.5, 0.6) is 5.75 Å². The topological polar surface area (TPSA) is 64.6 Å². The summed E-state index contributed by atoms with van der Waals surface area (Å²) in [4.78, 5) is 23.3. The third-order valence-electron chi connectivity index (χ3n) is 3.65. The van der Waals surface area contributed by atoms with E-state index in [4.69, 9.17) is 21.1 Å². The molecule has 0 aliphatic rings. The summed E-state index contributed by atoms with van der Waals surface area (Å²) in [6.07, 6.45) is 1.52. The van der Waals surface area contributed by atoms with E-state index < -0.39 is 5.97 Å². The molecule has 6 heteroatoms. The number of esters is 1. The number of amides is 1. The van der Waals surface area contributed by atoms with Gasteiger partial charge in [0.05, 0.1) is 6.61 Å². The standard InChI is InChI=1S/C18H26ClNO4/c1-5-18(3,4)20-16(21)12-24-17(22)7-6-10-23-15-9-8-14(19)11-13(15)2/h8-9,11H,5-7,10,12H2,1-4H3,(H,20,21). The lowest BCUT2D eigenvalue weighted by Crippen LogP contribution is -2.44. The monoisotopic (exact) mass is 355 g/mol. The largest absolute Gasteiger partial charge is 0.493 e. The van der Waals surface area contributed by atoms with Crippen molar-refractivity contribution < 1.29 is 19.1 Å². The molecular formula is C18H26ClNO4. The smallest absolute Gasteiger partial charge is 0.306 e. The van der Waals surface area contributed by atoms with Crippen LogP contribution in [0.4, 0.5) is 0 Å². The Morgan fingerprint density at radius 3 is 2.62 bits per heavy atom. The van der Waals surface area contributed by atoms with Crippen molar-refractivity contribution in [2.75, 3.05) is 13.2 Å². The Morgan fingerprint density at radius 1 is 1.29 bits per heavy atom. The number of hydrogen-bond donors (Lipinski definition) is 1. The molecule has 0 heterocycles. The summed E-state index contributed by atoms with van der Waals surface area (Å²) in [6.45, 7) is 7.87. The summed E-state index contributed by atoms with van der Waals surface area (Å²) in [5, 5.41) is 3.47. The first-order valence-corrected chi connectivity index (χ1v) is 8.47. The molecule has 1 N–H and O–H groups in total. The van der Waals surface area contributed by atoms with Gasteiger partial charge >= 0.3 is 5.97 Å². The molecule has 0 radical (unpaired) electrons. The molecule has 1 aromatic rings. The Hall–Kier alpha value is -1.75. The Balaban J connectivity index is 2.21. The van der Waals surface area contributed by atoms with Crippen molar-refractivity contribution in [2.24, 2.45) is 0 Å². The molecule has 1 rings (SSSR count). The minimum absolute atomic E-state index is 0.205. The minimum Gasteiger partial charge on any atom is -0.493 e. The van der Waals surface area contributed by atoms with E-state index in [2.05, 4.69) is 5.32 Å². The number of carbonyl (C=O) groups is 2. The van der Waals surface area contributed by atoms with Crippen LogP contribution in [0.15, 0.2) is 18.2 Å². The zero-order chi connectivity index (χ0) is 18.2. The van der Waals surface area contributed by atoms with Crippen molar-refractivity contribution in [1.29, 1.82) is 0 Å². The van der Waals surface area contributed by atoms with Crippen LogP contribution in [0.1, 0.15) is 45.6 Å². The van der Waals surface area contributed by atoms with E-state index in [1.165, 1.54) is 0 Å². The molecule has 0 saturated heterocycles. The molecule has 5 nitrogen and oxygen atoms in total. The molecule has 0 unspecified atom stereocenters. The van der Waals surface area contributed by atoms with Crippen molar-refractivity contribution in [2.45, 2.75) is 52.5 Å². The first-order chi connectivity index (χ1) is 11.2. The van der Waals surface area contributed by atoms with Gasteiger partial charge in [-0.15, -0.1) is 0 Å². The van der Waals surface area contributed by atoms with E-state index >= 15 is 0 Å². The van der Waals surface area contributed by atoms with Crippen molar-refractivity contribution in [3.05, 3.63) is 28.8 Å². The zero-order valence-electron chi connectivity index (χ0n) is 14.8. The molecule has 0 atom stereocenters. The highest BCUT2D eigenvalue weighted by Crippen LogP contribution is 2.21. The van der Waals surface area contributed by atoms with Crippen LogP contribution in [-0.2, 0) is 14.3 Å². The third kappa shape index (κ3) is 7.68. The number of benzene rings is 1. The summed E-state index contributed by atoms with van der Waals surface area (Å²) in [6, 6.07) is 5.38. The molecule has 0 aliphatic heterocycles. The molecule has 0 aromatic heterocycles. The lowest BCUT2D eigenvalue weighted by molar-refractivity contribution is -0.149. The fourth-order valence-corrected chi connectivity index (χ4v) is 2.12. The first kappa shape index (κ1) is 20.3. The van der Waals surface area contributed by atoms with Gasteiger partial charge in [-0.05, 0) is 57.4 Å². The highest BCUT2D eigenvalue weighted by Gasteiger charge is 2.18. The van der Waals surface area contributed by atoms with Crippen molar-refractivity contribution in [3.63, 3.8) is 0 Å². The molecule has 24 heavy (non-hydrogen) atoms. The van der Waals surface area contributed by atoms with Crippen LogP contribution in [-0.4, -0.2) is 30.6 Å². The molecular weight excluding hydrogens is 330 g/mol. The molecule has 1 aromatic carbocycles. The number of ether oxygens (including phenoxy) is 2. The van der Waals surface area contributed by atoms with Gasteiger partial charge in [-0.1, -0.05) is 18.5 Å². The van der Waals surface area contributed by atoms with Gasteiger partial charge in [0.25, 0.3) is 5.91 Å². The number of aryl methyl sites for hydroxylation is 1. The van der Waals surface area contributed by atoms with Gasteiger partial charge in [0.1, 0.15) is 5.75 Å². The van der Waals surface area contributed by atoms with Gasteiger partial charge in [-0.25, -0.2) is 0 Å². The maximum absolute atomic E-state index is 11.7. The van der Waals surface area contributed by atoms with Gasteiger partial charge in [-0.3, -0.25) is 9.59 Å². The predicted octanol–water partition coefficient (Wildman–Crippen LogP) is 3.66. The van der Waals surface area contributed by atoms with Crippen LogP contribution in [0.3, 0.4) is 0 Å². The Kier molecular flexibility index (Phi) is 8.05. The van der Waals surface area contributed by atoms with Crippen LogP contribution in [0, 0.1) is 6.92 Å². The number of carbonyl (C=O) groups excluding carboxylic acids is 2. The lowest BCUT2D eigenvalue weighted by atomic mass is 10.0. The lowest BCUT2D eigenvalue weighted by Gasteiger charge is -2.24. The average Bonchev–Trinajstić information content (AvgIpc) is 2.51. The van der Waals surface area contributed by atoms with Crippen LogP contribution >= 0.6 is 11.6 Å². The van der Waals surface area contributed by atoms with E-state index in [1.807, 2.05) is 33.8 Å². The quantitative estimate of drug-likeness (QED) is 0.542. The molecule has 134 valence electrons. The van der Waals surface area contributed by atoms with E-state index in [0.29, 0.717) is 18.1 Å². The normalized spacial score (nSPS) is 11.0. The minimum atomic E-state index is -0.407. The zero-order valence-corrected chi connectivity index (χ0v) is 15.5. The summed E-state index contributed by atoms with van der Waals surface area (Å²) < 4.78 is 10.6. The molecule has 0 bridgehead atoms. The second kappa shape index (κ2) is 9.52. The maximum atomic E-state index is 11.7. The molecule has 0 saturated carbocycles. The van der Waals surface area contributed by atoms with Gasteiger partial charge < -0.3 is 14.8 Å². The Bertz CT molecular complexity index is 572. The number of nitrogens with one attached hydrogen (secondary N) is 1. The highest BCUT2D eigenvalue weighted by molar-refractivity contribution is 6.30. The summed E-state index contributed by atoms with van der Waals surface area (Å²) in [5.41, 5.74) is 0.647. The molecule has 0 fully saturated rings. The predicted molar refractivity (Wildman–Crippen MR) is 94.4 cm³/mol. The van der Waals surface area contributed by atoms with Gasteiger partial charge in [0, 0.05) is 17.0 Å². The number of halogens is 1. The first-order valence-electron chi connectivity index (χ1n) is 8.09. The van der Waals surface area contributed by atoms with E-state index in [0.717, 1.165) is 17.7 Å². The van der Waals surface area contributed by atoms with Crippen molar-refractivity contribution in [3.8, 4) is 5.75 Å². The SMILES string of the molecule is CCC(C)(C)NC(=O)COC(=O)CCCOc1ccc(Cl)cc1C. The van der Waals surface area contributed by atoms with E-state index in [9.17, 15) is 9.59 Å². The number of hydrogen-bond acceptors (Lipinski definition) is 4. The second-order valence-corrected chi connectivity index (χ2v) is 6.74. The Morgan fingerprint density at radius 2 is 2.00 bits per heavy atom. The van der Waals surface area contributed by atoms with Crippen molar-refractivity contribution in [1.82, 2.24) is 5.32 Å². The van der Waals surface area contributed by atoms with Gasteiger partial charge in [0.15, 0.2) is 6.61 Å². The fraction of sp³-hybridized carbons (Fsp3) is 0.556. The molecule has 0 aliphatic carbocycles. The van der Waals surface area contributed by atoms with Crippen LogP contribution in [0.2, 0.25) is 5.02 Å². The number of rotatable bonds is 9. The van der Waals surface area contributed by atoms with Crippen LogP contribution < -0.4 is 10.1 Å². The second-order valence-electron chi connectivity index (χ2n) is 6.31. The highest BCUT2D eigenvalue weighted by atomic mass is 35.5. The Labute approximate surface area is 148 Å². The fourth-order valence-electron chi connectivity index (χ4n) is 1.89. The summed E-state index contributed by atoms with van der Waals surface area (Å²) in [5.74, 6) is 0.0491. The third-order valence-corrected chi connectivity index (χ3v) is 3.88. The van der Waals surface area contributed by atoms with Crippen molar-refractivity contribution >= 4 is 23.5 Å². The van der Waals surface area contributed by atoms with Gasteiger partial charge in [-0.2, -0.15) is 0 Å². The molecule has 0 spiro atoms. The summed E-state index contributed by atoms with van der Waals surface area (Å²) in [7, 11) is 0. The average molecular weight is 356 g/mol. The molecule has 1 amide bonds.